The topological polar surface area (TPSA) is 54.5 Å². The SMILES string of the molecule is O=C(N[C@@H](c1ccccn1)c1ccccc1C(F)(F)F)C1CCN(CCOc2ccccc2)CC1. The molecule has 0 saturated carbocycles. The highest BCUT2D eigenvalue weighted by atomic mass is 19.4. The fourth-order valence-electron chi connectivity index (χ4n) is 4.35. The highest BCUT2D eigenvalue weighted by Crippen LogP contribution is 2.36. The molecule has 4 rings (SSSR count). The average Bonchev–Trinajstić information content (AvgIpc) is 2.88. The van der Waals surface area contributed by atoms with Crippen molar-refractivity contribution in [1.82, 2.24) is 15.2 Å². The molecule has 1 aromatic heterocycles. The summed E-state index contributed by atoms with van der Waals surface area (Å²) in [5.41, 5.74) is -0.417. The van der Waals surface area contributed by atoms with E-state index in [1.54, 1.807) is 24.3 Å². The molecule has 0 bridgehead atoms. The Morgan fingerprint density at radius 3 is 2.37 bits per heavy atom. The summed E-state index contributed by atoms with van der Waals surface area (Å²) in [6, 6.07) is 19.0. The zero-order chi connectivity index (χ0) is 24.7. The summed E-state index contributed by atoms with van der Waals surface area (Å²) in [5, 5.41) is 2.87. The molecule has 5 nitrogen and oxygen atoms in total. The number of halogens is 3. The number of rotatable bonds is 8. The molecular formula is C27H28F3N3O2. The summed E-state index contributed by atoms with van der Waals surface area (Å²) in [6.45, 7) is 2.75. The molecule has 3 aromatic rings. The largest absolute Gasteiger partial charge is 0.492 e. The second kappa shape index (κ2) is 11.4. The fourth-order valence-corrected chi connectivity index (χ4v) is 4.35. The molecule has 8 heteroatoms. The Bertz CT molecular complexity index is 1090. The summed E-state index contributed by atoms with van der Waals surface area (Å²) in [7, 11) is 0. The number of ether oxygens (including phenoxy) is 1. The van der Waals surface area contributed by atoms with Gasteiger partial charge in [-0.3, -0.25) is 14.7 Å². The van der Waals surface area contributed by atoms with E-state index in [4.69, 9.17) is 4.74 Å². The maximum Gasteiger partial charge on any atom is 0.416 e. The van der Waals surface area contributed by atoms with E-state index in [1.807, 2.05) is 30.3 Å². The Labute approximate surface area is 202 Å². The molecule has 35 heavy (non-hydrogen) atoms. The third kappa shape index (κ3) is 6.60. The average molecular weight is 484 g/mol. The van der Waals surface area contributed by atoms with Gasteiger partial charge in [0.2, 0.25) is 5.91 Å². The van der Waals surface area contributed by atoms with E-state index in [-0.39, 0.29) is 17.4 Å². The molecular weight excluding hydrogens is 455 g/mol. The Morgan fingerprint density at radius 2 is 1.69 bits per heavy atom. The number of likely N-dealkylation sites (tertiary alicyclic amines) is 1. The lowest BCUT2D eigenvalue weighted by Crippen LogP contribution is -2.43. The third-order valence-electron chi connectivity index (χ3n) is 6.23. The van der Waals surface area contributed by atoms with Gasteiger partial charge in [-0.2, -0.15) is 13.2 Å². The number of nitrogens with one attached hydrogen (secondary N) is 1. The molecule has 1 aliphatic rings. The fraction of sp³-hybridized carbons (Fsp3) is 0.333. The molecule has 0 spiro atoms. The predicted molar refractivity (Wildman–Crippen MR) is 127 cm³/mol. The number of benzene rings is 2. The van der Waals surface area contributed by atoms with E-state index < -0.39 is 17.8 Å². The standard InChI is InChI=1S/C27H28F3N3O2/c28-27(29,30)23-11-5-4-10-22(23)25(24-12-6-7-15-31-24)32-26(34)20-13-16-33(17-14-20)18-19-35-21-8-2-1-3-9-21/h1-12,15,20,25H,13-14,16-19H2,(H,32,34)/t25-/m1/s1. The number of pyridine rings is 1. The number of nitrogens with zero attached hydrogens (tertiary/aromatic N) is 2. The van der Waals surface area contributed by atoms with E-state index in [0.29, 0.717) is 25.1 Å². The van der Waals surface area contributed by atoms with Gasteiger partial charge in [0, 0.05) is 18.7 Å². The lowest BCUT2D eigenvalue weighted by atomic mass is 9.93. The molecule has 1 amide bonds. The van der Waals surface area contributed by atoms with Crippen LogP contribution in [0.1, 0.15) is 35.7 Å². The van der Waals surface area contributed by atoms with E-state index >= 15 is 0 Å². The number of carbonyl (C=O) groups is 1. The van der Waals surface area contributed by atoms with Crippen molar-refractivity contribution in [3.8, 4) is 5.75 Å². The van der Waals surface area contributed by atoms with Crippen molar-refractivity contribution >= 4 is 5.91 Å². The summed E-state index contributed by atoms with van der Waals surface area (Å²) in [4.78, 5) is 19.6. The van der Waals surface area contributed by atoms with Crippen molar-refractivity contribution in [2.75, 3.05) is 26.2 Å². The Hall–Kier alpha value is -3.39. The number of alkyl halides is 3. The van der Waals surface area contributed by atoms with Crippen LogP contribution in [0, 0.1) is 5.92 Å². The van der Waals surface area contributed by atoms with Crippen LogP contribution >= 0.6 is 0 Å². The number of piperidine rings is 1. The van der Waals surface area contributed by atoms with Crippen LogP contribution < -0.4 is 10.1 Å². The van der Waals surface area contributed by atoms with Gasteiger partial charge in [0.1, 0.15) is 12.4 Å². The van der Waals surface area contributed by atoms with Crippen LogP contribution in [0.15, 0.2) is 79.0 Å². The molecule has 184 valence electrons. The van der Waals surface area contributed by atoms with Crippen LogP contribution in [0.2, 0.25) is 0 Å². The summed E-state index contributed by atoms with van der Waals surface area (Å²) in [5.74, 6) is 0.296. The number of hydrogen-bond acceptors (Lipinski definition) is 4. The highest BCUT2D eigenvalue weighted by Gasteiger charge is 2.37. The predicted octanol–water partition coefficient (Wildman–Crippen LogP) is 5.10. The van der Waals surface area contributed by atoms with Gasteiger partial charge >= 0.3 is 6.18 Å². The number of amides is 1. The molecule has 1 atom stereocenters. The van der Waals surface area contributed by atoms with Crippen LogP contribution in [-0.4, -0.2) is 42.0 Å². The molecule has 2 heterocycles. The minimum Gasteiger partial charge on any atom is -0.492 e. The molecule has 1 fully saturated rings. The molecule has 0 radical (unpaired) electrons. The smallest absolute Gasteiger partial charge is 0.416 e. The second-order valence-electron chi connectivity index (χ2n) is 8.56. The number of aromatic nitrogens is 1. The molecule has 1 saturated heterocycles. The van der Waals surface area contributed by atoms with E-state index in [0.717, 1.165) is 31.5 Å². The third-order valence-corrected chi connectivity index (χ3v) is 6.23. The van der Waals surface area contributed by atoms with Crippen molar-refractivity contribution in [3.05, 3.63) is 95.8 Å². The van der Waals surface area contributed by atoms with Gasteiger partial charge in [0.25, 0.3) is 0 Å². The van der Waals surface area contributed by atoms with Gasteiger partial charge in [-0.1, -0.05) is 42.5 Å². The van der Waals surface area contributed by atoms with Crippen molar-refractivity contribution < 1.29 is 22.7 Å². The summed E-state index contributed by atoms with van der Waals surface area (Å²) >= 11 is 0. The highest BCUT2D eigenvalue weighted by molar-refractivity contribution is 5.79. The number of hydrogen-bond donors (Lipinski definition) is 1. The number of para-hydroxylation sites is 1. The monoisotopic (exact) mass is 483 g/mol. The summed E-state index contributed by atoms with van der Waals surface area (Å²) in [6.07, 6.45) is -1.76. The first kappa shape index (κ1) is 24.7. The molecule has 0 unspecified atom stereocenters. The van der Waals surface area contributed by atoms with E-state index in [9.17, 15) is 18.0 Å². The van der Waals surface area contributed by atoms with Gasteiger partial charge in [0.15, 0.2) is 0 Å². The molecule has 2 aromatic carbocycles. The van der Waals surface area contributed by atoms with Crippen molar-refractivity contribution in [2.24, 2.45) is 5.92 Å². The van der Waals surface area contributed by atoms with Crippen molar-refractivity contribution in [1.29, 1.82) is 0 Å². The van der Waals surface area contributed by atoms with E-state index in [2.05, 4.69) is 15.2 Å². The van der Waals surface area contributed by atoms with Crippen LogP contribution in [-0.2, 0) is 11.0 Å². The maximum absolute atomic E-state index is 13.7. The minimum atomic E-state index is -4.54. The first-order valence-electron chi connectivity index (χ1n) is 11.7. The second-order valence-corrected chi connectivity index (χ2v) is 8.56. The molecule has 1 N–H and O–H groups in total. The lowest BCUT2D eigenvalue weighted by molar-refractivity contribution is -0.139. The van der Waals surface area contributed by atoms with Crippen LogP contribution in [0.3, 0.4) is 0 Å². The van der Waals surface area contributed by atoms with Gasteiger partial charge in [-0.25, -0.2) is 0 Å². The van der Waals surface area contributed by atoms with Crippen molar-refractivity contribution in [2.45, 2.75) is 25.1 Å². The van der Waals surface area contributed by atoms with Crippen molar-refractivity contribution in [3.63, 3.8) is 0 Å². The quantitative estimate of drug-likeness (QED) is 0.485. The lowest BCUT2D eigenvalue weighted by Gasteiger charge is -2.32. The van der Waals surface area contributed by atoms with Crippen LogP contribution in [0.25, 0.3) is 0 Å². The molecule has 1 aliphatic heterocycles. The Morgan fingerprint density at radius 1 is 1.00 bits per heavy atom. The van der Waals surface area contributed by atoms with Gasteiger partial charge in [-0.05, 0) is 61.8 Å². The zero-order valence-corrected chi connectivity index (χ0v) is 19.2. The molecule has 0 aliphatic carbocycles. The van der Waals surface area contributed by atoms with Crippen LogP contribution in [0.5, 0.6) is 5.75 Å². The normalized spacial score (nSPS) is 16.0. The minimum absolute atomic E-state index is 0.0115. The summed E-state index contributed by atoms with van der Waals surface area (Å²) < 4.78 is 46.9. The Kier molecular flexibility index (Phi) is 8.02. The number of carbonyl (C=O) groups excluding carboxylic acids is 1. The first-order valence-corrected chi connectivity index (χ1v) is 11.7. The maximum atomic E-state index is 13.7. The van der Waals surface area contributed by atoms with Crippen LogP contribution in [0.4, 0.5) is 13.2 Å². The van der Waals surface area contributed by atoms with Gasteiger partial charge in [0.05, 0.1) is 17.3 Å². The van der Waals surface area contributed by atoms with E-state index in [1.165, 1.54) is 18.3 Å². The van der Waals surface area contributed by atoms with Gasteiger partial charge in [-0.15, -0.1) is 0 Å². The Balaban J connectivity index is 1.39. The van der Waals surface area contributed by atoms with Gasteiger partial charge < -0.3 is 10.1 Å². The first-order chi connectivity index (χ1) is 16.9. The zero-order valence-electron chi connectivity index (χ0n) is 19.2.